The summed E-state index contributed by atoms with van der Waals surface area (Å²) in [6.45, 7) is -0.562. The molecule has 0 unspecified atom stereocenters. The Labute approximate surface area is 159 Å². The van der Waals surface area contributed by atoms with Crippen LogP contribution in [0.25, 0.3) is 6.08 Å². The quantitative estimate of drug-likeness (QED) is 0.604. The summed E-state index contributed by atoms with van der Waals surface area (Å²) in [7, 11) is 1.40. The average Bonchev–Trinajstić information content (AvgIpc) is 3.01. The topological polar surface area (TPSA) is 94.4 Å². The SMILES string of the molecule is COc1cc(/C=C2\C(=O)ON=C2c2ccccc2)cc(Cl)c1OCC(=O)O. The molecule has 0 saturated carbocycles. The van der Waals surface area contributed by atoms with Gasteiger partial charge in [-0.15, -0.1) is 0 Å². The summed E-state index contributed by atoms with van der Waals surface area (Å²) in [4.78, 5) is 27.6. The standard InChI is InChI=1S/C19H14ClNO6/c1-25-15-9-11(8-14(20)18(15)26-10-16(22)23)7-13-17(21-27-19(13)24)12-5-3-2-4-6-12/h2-9H,10H2,1H3,(H,22,23)/b13-7-. The molecule has 8 heteroatoms. The van der Waals surface area contributed by atoms with Crippen LogP contribution < -0.4 is 9.47 Å². The van der Waals surface area contributed by atoms with E-state index in [9.17, 15) is 9.59 Å². The van der Waals surface area contributed by atoms with Gasteiger partial charge in [-0.05, 0) is 23.8 Å². The van der Waals surface area contributed by atoms with Crippen LogP contribution in [0.5, 0.6) is 11.5 Å². The van der Waals surface area contributed by atoms with Crippen LogP contribution >= 0.6 is 11.6 Å². The molecular weight excluding hydrogens is 374 g/mol. The molecule has 2 aromatic carbocycles. The Morgan fingerprint density at radius 1 is 1.30 bits per heavy atom. The molecule has 2 aromatic rings. The molecule has 27 heavy (non-hydrogen) atoms. The average molecular weight is 388 g/mol. The molecule has 3 rings (SSSR count). The first-order chi connectivity index (χ1) is 13.0. The Bertz CT molecular complexity index is 952. The van der Waals surface area contributed by atoms with Crippen LogP contribution in [-0.4, -0.2) is 36.5 Å². The molecule has 0 amide bonds. The number of rotatable bonds is 6. The van der Waals surface area contributed by atoms with Crippen molar-refractivity contribution in [2.24, 2.45) is 5.16 Å². The first-order valence-corrected chi connectivity index (χ1v) is 8.16. The van der Waals surface area contributed by atoms with E-state index < -0.39 is 18.5 Å². The highest BCUT2D eigenvalue weighted by atomic mass is 35.5. The second-order valence-electron chi connectivity index (χ2n) is 5.46. The van der Waals surface area contributed by atoms with Crippen LogP contribution in [0.1, 0.15) is 11.1 Å². The van der Waals surface area contributed by atoms with E-state index in [1.54, 1.807) is 12.1 Å². The third-order valence-corrected chi connectivity index (χ3v) is 3.93. The minimum absolute atomic E-state index is 0.106. The highest BCUT2D eigenvalue weighted by Gasteiger charge is 2.27. The third kappa shape index (κ3) is 4.09. The number of halogens is 1. The number of hydrogen-bond acceptors (Lipinski definition) is 6. The highest BCUT2D eigenvalue weighted by Crippen LogP contribution is 2.37. The van der Waals surface area contributed by atoms with Crippen LogP contribution in [0, 0.1) is 0 Å². The molecule has 1 heterocycles. The smallest absolute Gasteiger partial charge is 0.368 e. The van der Waals surface area contributed by atoms with Gasteiger partial charge >= 0.3 is 11.9 Å². The molecule has 1 aliphatic rings. The van der Waals surface area contributed by atoms with Crippen molar-refractivity contribution < 1.29 is 29.0 Å². The number of carbonyl (C=O) groups excluding carboxylic acids is 1. The molecule has 7 nitrogen and oxygen atoms in total. The molecule has 0 bridgehead atoms. The summed E-state index contributed by atoms with van der Waals surface area (Å²) in [5.74, 6) is -1.39. The van der Waals surface area contributed by atoms with Crippen molar-refractivity contribution in [3.05, 3.63) is 64.2 Å². The van der Waals surface area contributed by atoms with Crippen molar-refractivity contribution in [1.29, 1.82) is 0 Å². The number of carboxylic acids is 1. The number of nitrogens with zero attached hydrogens (tertiary/aromatic N) is 1. The summed E-state index contributed by atoms with van der Waals surface area (Å²) in [6, 6.07) is 12.2. The summed E-state index contributed by atoms with van der Waals surface area (Å²) < 4.78 is 10.4. The number of ether oxygens (including phenoxy) is 2. The molecule has 1 N–H and O–H groups in total. The van der Waals surface area contributed by atoms with Gasteiger partial charge in [-0.3, -0.25) is 0 Å². The van der Waals surface area contributed by atoms with Gasteiger partial charge in [0.05, 0.1) is 17.7 Å². The Morgan fingerprint density at radius 2 is 2.04 bits per heavy atom. The Hall–Kier alpha value is -3.32. The van der Waals surface area contributed by atoms with Crippen LogP contribution in [0.4, 0.5) is 0 Å². The maximum absolute atomic E-state index is 12.1. The molecule has 0 aliphatic carbocycles. The summed E-state index contributed by atoms with van der Waals surface area (Å²) >= 11 is 6.20. The Kier molecular flexibility index (Phi) is 5.42. The third-order valence-electron chi connectivity index (χ3n) is 3.64. The van der Waals surface area contributed by atoms with Gasteiger partial charge in [-0.25, -0.2) is 9.59 Å². The van der Waals surface area contributed by atoms with E-state index in [0.717, 1.165) is 5.56 Å². The molecule has 1 aliphatic heterocycles. The zero-order valence-corrected chi connectivity index (χ0v) is 14.9. The lowest BCUT2D eigenvalue weighted by molar-refractivity contribution is -0.139. The summed E-state index contributed by atoms with van der Waals surface area (Å²) in [5.41, 5.74) is 1.94. The Morgan fingerprint density at radius 3 is 2.70 bits per heavy atom. The largest absolute Gasteiger partial charge is 0.493 e. The molecule has 0 saturated heterocycles. The van der Waals surface area contributed by atoms with E-state index in [1.165, 1.54) is 13.2 Å². The molecule has 0 aromatic heterocycles. The second-order valence-corrected chi connectivity index (χ2v) is 5.87. The van der Waals surface area contributed by atoms with Gasteiger partial charge in [-0.2, -0.15) is 0 Å². The van der Waals surface area contributed by atoms with Gasteiger partial charge in [0, 0.05) is 5.56 Å². The summed E-state index contributed by atoms with van der Waals surface area (Å²) in [6.07, 6.45) is 1.57. The number of carboxylic acid groups (broad SMARTS) is 1. The van der Waals surface area contributed by atoms with Crippen molar-refractivity contribution in [1.82, 2.24) is 0 Å². The van der Waals surface area contributed by atoms with Crippen molar-refractivity contribution in [2.75, 3.05) is 13.7 Å². The minimum atomic E-state index is -1.14. The van der Waals surface area contributed by atoms with Crippen molar-refractivity contribution in [2.45, 2.75) is 0 Å². The van der Waals surface area contributed by atoms with E-state index in [1.807, 2.05) is 30.3 Å². The lowest BCUT2D eigenvalue weighted by atomic mass is 10.0. The van der Waals surface area contributed by atoms with Crippen LogP contribution in [-0.2, 0) is 14.4 Å². The van der Waals surface area contributed by atoms with E-state index in [-0.39, 0.29) is 22.1 Å². The molecule has 0 radical (unpaired) electrons. The summed E-state index contributed by atoms with van der Waals surface area (Å²) in [5, 5.41) is 12.7. The predicted octanol–water partition coefficient (Wildman–Crippen LogP) is 3.16. The van der Waals surface area contributed by atoms with Crippen LogP contribution in [0.2, 0.25) is 5.02 Å². The monoisotopic (exact) mass is 387 g/mol. The first-order valence-electron chi connectivity index (χ1n) is 7.78. The second kappa shape index (κ2) is 7.92. The van der Waals surface area contributed by atoms with Gasteiger partial charge in [0.2, 0.25) is 0 Å². The predicted molar refractivity (Wildman–Crippen MR) is 98.2 cm³/mol. The number of carbonyl (C=O) groups is 2. The lowest BCUT2D eigenvalue weighted by Gasteiger charge is -2.12. The fourth-order valence-electron chi connectivity index (χ4n) is 2.48. The number of hydrogen-bond donors (Lipinski definition) is 1. The van der Waals surface area contributed by atoms with Gasteiger partial charge in [-0.1, -0.05) is 47.1 Å². The van der Waals surface area contributed by atoms with Gasteiger partial charge in [0.25, 0.3) is 0 Å². The molecule has 138 valence electrons. The number of aliphatic carboxylic acids is 1. The highest BCUT2D eigenvalue weighted by molar-refractivity contribution is 6.33. The number of benzene rings is 2. The molecule has 0 spiro atoms. The fourth-order valence-corrected chi connectivity index (χ4v) is 2.75. The van der Waals surface area contributed by atoms with Crippen LogP contribution in [0.15, 0.2) is 53.2 Å². The normalized spacial score (nSPS) is 14.7. The number of oxime groups is 1. The zero-order chi connectivity index (χ0) is 19.4. The minimum Gasteiger partial charge on any atom is -0.493 e. The zero-order valence-electron chi connectivity index (χ0n) is 14.1. The van der Waals surface area contributed by atoms with E-state index in [4.69, 9.17) is 31.0 Å². The Balaban J connectivity index is 1.98. The maximum atomic E-state index is 12.1. The van der Waals surface area contributed by atoms with E-state index in [2.05, 4.69) is 5.16 Å². The van der Waals surface area contributed by atoms with Gasteiger partial charge in [0.1, 0.15) is 5.71 Å². The maximum Gasteiger partial charge on any atom is 0.368 e. The van der Waals surface area contributed by atoms with Crippen LogP contribution in [0.3, 0.4) is 0 Å². The first kappa shape index (κ1) is 18.5. The van der Waals surface area contributed by atoms with Crippen molar-refractivity contribution in [3.63, 3.8) is 0 Å². The fraction of sp³-hybridized carbons (Fsp3) is 0.105. The number of methoxy groups -OCH3 is 1. The lowest BCUT2D eigenvalue weighted by Crippen LogP contribution is -2.10. The van der Waals surface area contributed by atoms with Gasteiger partial charge in [0.15, 0.2) is 18.1 Å². The van der Waals surface area contributed by atoms with Crippen molar-refractivity contribution in [3.8, 4) is 11.5 Å². The van der Waals surface area contributed by atoms with Crippen molar-refractivity contribution >= 4 is 35.3 Å². The molecular formula is C19H14ClNO6. The molecule has 0 fully saturated rings. The van der Waals surface area contributed by atoms with E-state index in [0.29, 0.717) is 11.3 Å². The molecule has 0 atom stereocenters. The van der Waals surface area contributed by atoms with E-state index >= 15 is 0 Å². The van der Waals surface area contributed by atoms with Gasteiger partial charge < -0.3 is 19.4 Å².